The average molecular weight is 244 g/mol. The molecule has 94 valence electrons. The van der Waals surface area contributed by atoms with Crippen LogP contribution in [0.25, 0.3) is 0 Å². The predicted octanol–water partition coefficient (Wildman–Crippen LogP) is 2.49. The molecule has 0 saturated heterocycles. The van der Waals surface area contributed by atoms with Gasteiger partial charge in [0.15, 0.2) is 14.1 Å². The van der Waals surface area contributed by atoms with Crippen molar-refractivity contribution in [3.63, 3.8) is 0 Å². The normalized spacial score (nSPS) is 28.2. The first-order chi connectivity index (χ1) is 7.13. The molecule has 0 bridgehead atoms. The quantitative estimate of drug-likeness (QED) is 0.759. The molecule has 16 heavy (non-hydrogen) atoms. The zero-order chi connectivity index (χ0) is 12.6. The van der Waals surface area contributed by atoms with E-state index in [-0.39, 0.29) is 16.9 Å². The summed E-state index contributed by atoms with van der Waals surface area (Å²) >= 11 is 0. The van der Waals surface area contributed by atoms with Crippen molar-refractivity contribution in [2.24, 2.45) is 0 Å². The average Bonchev–Trinajstić information content (AvgIpc) is 2.09. The monoisotopic (exact) mass is 244 g/mol. The fourth-order valence-corrected chi connectivity index (χ4v) is 3.07. The Labute approximate surface area is 99.3 Å². The molecule has 1 rings (SSSR count). The molecule has 2 atom stereocenters. The molecule has 1 aliphatic rings. The third kappa shape index (κ3) is 3.15. The first-order valence-electron chi connectivity index (χ1n) is 6.02. The first-order valence-corrected chi connectivity index (χ1v) is 8.93. The highest BCUT2D eigenvalue weighted by atomic mass is 28.4. The summed E-state index contributed by atoms with van der Waals surface area (Å²) in [5.74, 6) is -0.0323. The summed E-state index contributed by atoms with van der Waals surface area (Å²) in [5.41, 5.74) is 0. The second-order valence-electron chi connectivity index (χ2n) is 6.26. The third-order valence-electron chi connectivity index (χ3n) is 3.84. The van der Waals surface area contributed by atoms with Crippen LogP contribution in [-0.2, 0) is 9.22 Å². The summed E-state index contributed by atoms with van der Waals surface area (Å²) in [7, 11) is -1.77. The van der Waals surface area contributed by atoms with E-state index in [0.29, 0.717) is 12.8 Å². The van der Waals surface area contributed by atoms with Gasteiger partial charge in [0.2, 0.25) is 0 Å². The fraction of sp³-hybridized carbons (Fsp3) is 0.917. The molecule has 0 spiro atoms. The van der Waals surface area contributed by atoms with Gasteiger partial charge in [0, 0.05) is 18.9 Å². The largest absolute Gasteiger partial charge is 0.414 e. The maximum atomic E-state index is 11.2. The van der Waals surface area contributed by atoms with Crippen LogP contribution in [0.4, 0.5) is 0 Å². The van der Waals surface area contributed by atoms with Crippen molar-refractivity contribution in [3.05, 3.63) is 0 Å². The third-order valence-corrected chi connectivity index (χ3v) is 8.37. The summed E-state index contributed by atoms with van der Waals surface area (Å²) in [6, 6.07) is 0. The van der Waals surface area contributed by atoms with Crippen LogP contribution in [0.3, 0.4) is 0 Å². The summed E-state index contributed by atoms with van der Waals surface area (Å²) in [6.45, 7) is 11.0. The van der Waals surface area contributed by atoms with Gasteiger partial charge in [-0.15, -0.1) is 0 Å². The number of Topliss-reactive ketones (excluding diaryl/α,β-unsaturated/α-hetero) is 1. The maximum absolute atomic E-state index is 11.2. The second-order valence-corrected chi connectivity index (χ2v) is 11.0. The van der Waals surface area contributed by atoms with Gasteiger partial charge in [0.25, 0.3) is 0 Å². The molecular formula is C12H24O3Si. The van der Waals surface area contributed by atoms with Crippen molar-refractivity contribution in [2.75, 3.05) is 0 Å². The van der Waals surface area contributed by atoms with Crippen molar-refractivity contribution in [1.29, 1.82) is 0 Å². The van der Waals surface area contributed by atoms with E-state index in [9.17, 15) is 9.90 Å². The van der Waals surface area contributed by atoms with Gasteiger partial charge in [0.1, 0.15) is 6.10 Å². The molecule has 0 aromatic rings. The van der Waals surface area contributed by atoms with E-state index in [0.717, 1.165) is 6.42 Å². The lowest BCUT2D eigenvalue weighted by Gasteiger charge is -2.40. The summed E-state index contributed by atoms with van der Waals surface area (Å²) in [5, 5.41) is 9.71. The number of carbonyl (C=O) groups excluding carboxylic acids is 1. The molecule has 4 heteroatoms. The molecule has 0 heterocycles. The summed E-state index contributed by atoms with van der Waals surface area (Å²) in [4.78, 5) is 11.2. The van der Waals surface area contributed by atoms with Crippen molar-refractivity contribution in [2.45, 2.75) is 70.4 Å². The molecule has 1 aliphatic carbocycles. The van der Waals surface area contributed by atoms with Crippen LogP contribution in [0.5, 0.6) is 0 Å². The Morgan fingerprint density at radius 2 is 1.94 bits per heavy atom. The molecule has 1 saturated carbocycles. The highest BCUT2D eigenvalue weighted by molar-refractivity contribution is 6.74. The van der Waals surface area contributed by atoms with Crippen LogP contribution in [0.2, 0.25) is 18.1 Å². The lowest BCUT2D eigenvalue weighted by molar-refractivity contribution is -0.132. The smallest absolute Gasteiger partial charge is 0.192 e. The van der Waals surface area contributed by atoms with Gasteiger partial charge in [-0.1, -0.05) is 20.8 Å². The molecule has 0 aromatic heterocycles. The van der Waals surface area contributed by atoms with E-state index in [1.165, 1.54) is 0 Å². The SMILES string of the molecule is CC(C)(C)[Si](C)(C)O[C@H]1CCC(=O)[C@H](O)C1. The van der Waals surface area contributed by atoms with Gasteiger partial charge in [-0.2, -0.15) is 0 Å². The highest BCUT2D eigenvalue weighted by Gasteiger charge is 2.40. The van der Waals surface area contributed by atoms with Crippen molar-refractivity contribution < 1.29 is 14.3 Å². The standard InChI is InChI=1S/C12H24O3Si/c1-12(2,3)16(4,5)15-9-6-7-10(13)11(14)8-9/h9,11,14H,6-8H2,1-5H3/t9-,11+/m0/s1. The van der Waals surface area contributed by atoms with Crippen LogP contribution in [-0.4, -0.2) is 31.4 Å². The molecule has 1 fully saturated rings. The first kappa shape index (κ1) is 13.9. The number of aliphatic hydroxyl groups excluding tert-OH is 1. The molecule has 0 radical (unpaired) electrons. The number of hydrogen-bond acceptors (Lipinski definition) is 3. The van der Waals surface area contributed by atoms with E-state index in [4.69, 9.17) is 4.43 Å². The molecule has 0 unspecified atom stereocenters. The van der Waals surface area contributed by atoms with Gasteiger partial charge in [-0.25, -0.2) is 0 Å². The fourth-order valence-electron chi connectivity index (χ4n) is 1.67. The van der Waals surface area contributed by atoms with Crippen LogP contribution in [0.1, 0.15) is 40.0 Å². The Hall–Kier alpha value is -0.193. The molecule has 1 N–H and O–H groups in total. The number of hydrogen-bond donors (Lipinski definition) is 1. The van der Waals surface area contributed by atoms with Gasteiger partial charge in [-0.3, -0.25) is 4.79 Å². The maximum Gasteiger partial charge on any atom is 0.192 e. The van der Waals surface area contributed by atoms with Gasteiger partial charge in [0.05, 0.1) is 0 Å². The predicted molar refractivity (Wildman–Crippen MR) is 66.9 cm³/mol. The second kappa shape index (κ2) is 4.59. The minimum atomic E-state index is -1.77. The van der Waals surface area contributed by atoms with E-state index in [2.05, 4.69) is 33.9 Å². The summed E-state index contributed by atoms with van der Waals surface area (Å²) in [6.07, 6.45) is 0.964. The van der Waals surface area contributed by atoms with Crippen molar-refractivity contribution >= 4 is 14.1 Å². The zero-order valence-electron chi connectivity index (χ0n) is 11.0. The number of aliphatic hydroxyl groups is 1. The van der Waals surface area contributed by atoms with Crippen LogP contribution < -0.4 is 0 Å². The Kier molecular flexibility index (Phi) is 3.98. The van der Waals surface area contributed by atoms with E-state index in [1.54, 1.807) is 0 Å². The minimum Gasteiger partial charge on any atom is -0.414 e. The van der Waals surface area contributed by atoms with E-state index in [1.807, 2.05) is 0 Å². The topological polar surface area (TPSA) is 46.5 Å². The van der Waals surface area contributed by atoms with Gasteiger partial charge in [-0.05, 0) is 24.6 Å². The van der Waals surface area contributed by atoms with Crippen LogP contribution in [0.15, 0.2) is 0 Å². The lowest BCUT2D eigenvalue weighted by Crippen LogP contribution is -2.46. The van der Waals surface area contributed by atoms with Crippen LogP contribution >= 0.6 is 0 Å². The molecule has 0 aromatic carbocycles. The molecular weight excluding hydrogens is 220 g/mol. The summed E-state index contributed by atoms with van der Waals surface area (Å²) < 4.78 is 6.19. The highest BCUT2D eigenvalue weighted by Crippen LogP contribution is 2.38. The molecule has 0 amide bonds. The number of ketones is 1. The number of rotatable bonds is 2. The van der Waals surface area contributed by atoms with E-state index >= 15 is 0 Å². The Morgan fingerprint density at radius 3 is 2.38 bits per heavy atom. The van der Waals surface area contributed by atoms with Crippen molar-refractivity contribution in [1.82, 2.24) is 0 Å². The van der Waals surface area contributed by atoms with Crippen molar-refractivity contribution in [3.8, 4) is 0 Å². The van der Waals surface area contributed by atoms with Gasteiger partial charge < -0.3 is 9.53 Å². The minimum absolute atomic E-state index is 0.0323. The Balaban J connectivity index is 2.59. The Bertz CT molecular complexity index is 268. The van der Waals surface area contributed by atoms with E-state index < -0.39 is 14.4 Å². The lowest BCUT2D eigenvalue weighted by atomic mass is 9.94. The van der Waals surface area contributed by atoms with Gasteiger partial charge >= 0.3 is 0 Å². The Morgan fingerprint density at radius 1 is 1.38 bits per heavy atom. The zero-order valence-corrected chi connectivity index (χ0v) is 12.0. The molecule has 0 aliphatic heterocycles. The molecule has 3 nitrogen and oxygen atoms in total. The number of carbonyl (C=O) groups is 1. The van der Waals surface area contributed by atoms with Crippen LogP contribution in [0, 0.1) is 0 Å².